The molecule has 1 aliphatic heterocycles. The van der Waals surface area contributed by atoms with Crippen LogP contribution >= 0.6 is 11.6 Å². The molecule has 0 bridgehead atoms. The quantitative estimate of drug-likeness (QED) is 0.395. The van der Waals surface area contributed by atoms with Gasteiger partial charge in [0.1, 0.15) is 11.2 Å². The highest BCUT2D eigenvalue weighted by Gasteiger charge is 2.32. The van der Waals surface area contributed by atoms with Crippen molar-refractivity contribution in [3.8, 4) is 23.0 Å². The first-order chi connectivity index (χ1) is 18.4. The molecule has 0 amide bonds. The van der Waals surface area contributed by atoms with Crippen LogP contribution in [0.3, 0.4) is 0 Å². The van der Waals surface area contributed by atoms with Crippen LogP contribution in [0.1, 0.15) is 46.5 Å². The minimum absolute atomic E-state index is 0.00105. The molecule has 2 atom stereocenters. The van der Waals surface area contributed by atoms with Crippen LogP contribution in [0.2, 0.25) is 5.02 Å². The number of morpholine rings is 1. The molecule has 2 fully saturated rings. The number of ether oxygens (including phenoxy) is 1. The first-order valence-electron chi connectivity index (χ1n) is 13.2. The number of imidazole rings is 1. The van der Waals surface area contributed by atoms with E-state index in [9.17, 15) is 4.79 Å². The zero-order valence-corrected chi connectivity index (χ0v) is 22.5. The molecule has 200 valence electrons. The largest absolute Gasteiger partial charge is 0.434 e. The summed E-state index contributed by atoms with van der Waals surface area (Å²) >= 11 is 6.35. The van der Waals surface area contributed by atoms with Gasteiger partial charge in [0.2, 0.25) is 11.8 Å². The molecule has 0 spiro atoms. The third kappa shape index (κ3) is 4.69. The summed E-state index contributed by atoms with van der Waals surface area (Å²) in [7, 11) is 0. The number of pyridine rings is 1. The van der Waals surface area contributed by atoms with E-state index in [1.54, 1.807) is 12.4 Å². The number of aromatic nitrogens is 7. The van der Waals surface area contributed by atoms with Crippen LogP contribution < -0.4 is 10.7 Å². The summed E-state index contributed by atoms with van der Waals surface area (Å²) < 4.78 is 13.4. The number of hydrogen-bond donors (Lipinski definition) is 1. The van der Waals surface area contributed by atoms with Gasteiger partial charge in [0.25, 0.3) is 5.89 Å². The number of aromatic amines is 1. The average molecular weight is 539 g/mol. The molecule has 2 aliphatic rings. The van der Waals surface area contributed by atoms with Gasteiger partial charge >= 0.3 is 5.76 Å². The Labute approximate surface area is 224 Å². The Morgan fingerprint density at radius 3 is 2.66 bits per heavy atom. The van der Waals surface area contributed by atoms with Crippen LogP contribution in [0.4, 0.5) is 5.95 Å². The number of anilines is 1. The zero-order chi connectivity index (χ0) is 26.4. The van der Waals surface area contributed by atoms with Crippen LogP contribution in [0, 0.1) is 11.8 Å². The Balaban J connectivity index is 1.58. The number of halogens is 1. The number of nitrogens with zero attached hydrogens (tertiary/aromatic N) is 7. The monoisotopic (exact) mass is 538 g/mol. The Hall–Kier alpha value is -3.31. The smallest absolute Gasteiger partial charge is 0.384 e. The molecular formula is C26H31ClN8O3. The maximum absolute atomic E-state index is 11.7. The van der Waals surface area contributed by atoms with Crippen molar-refractivity contribution in [2.45, 2.75) is 65.1 Å². The van der Waals surface area contributed by atoms with E-state index in [-0.39, 0.29) is 23.9 Å². The molecule has 12 heteroatoms. The minimum atomic E-state index is -0.677. The van der Waals surface area contributed by atoms with Crippen molar-refractivity contribution in [3.63, 3.8) is 0 Å². The first-order valence-corrected chi connectivity index (χ1v) is 13.6. The SMILES string of the molecule is C[C@@H]1[C@@H](C)OCCN1c1nc2nc(-c3n[nH]c(=O)o3)nc(-c3cncc(Cl)c3)c2n1C[C@H]1CC[C@H](C)CC1. The molecule has 38 heavy (non-hydrogen) atoms. The van der Waals surface area contributed by atoms with Crippen LogP contribution in [0.25, 0.3) is 34.1 Å². The summed E-state index contributed by atoms with van der Waals surface area (Å²) in [6, 6.07) is 1.94. The molecule has 4 aromatic heterocycles. The number of hydrogen-bond acceptors (Lipinski definition) is 9. The molecule has 6 rings (SSSR count). The minimum Gasteiger partial charge on any atom is -0.384 e. The third-order valence-electron chi connectivity index (χ3n) is 7.91. The maximum atomic E-state index is 11.7. The van der Waals surface area contributed by atoms with E-state index >= 15 is 0 Å². The van der Waals surface area contributed by atoms with Gasteiger partial charge in [-0.05, 0) is 44.6 Å². The number of rotatable bonds is 5. The van der Waals surface area contributed by atoms with Crippen molar-refractivity contribution in [2.24, 2.45) is 11.8 Å². The Kier molecular flexibility index (Phi) is 6.65. The van der Waals surface area contributed by atoms with Crippen LogP contribution in [0.15, 0.2) is 27.7 Å². The Morgan fingerprint density at radius 2 is 1.92 bits per heavy atom. The summed E-state index contributed by atoms with van der Waals surface area (Å²) in [6.45, 7) is 8.73. The van der Waals surface area contributed by atoms with Crippen molar-refractivity contribution in [2.75, 3.05) is 18.1 Å². The molecule has 4 aromatic rings. The van der Waals surface area contributed by atoms with E-state index in [1.165, 1.54) is 25.7 Å². The van der Waals surface area contributed by atoms with Crippen molar-refractivity contribution in [1.82, 2.24) is 34.7 Å². The van der Waals surface area contributed by atoms with E-state index in [0.29, 0.717) is 28.9 Å². The Morgan fingerprint density at radius 1 is 1.11 bits per heavy atom. The predicted molar refractivity (Wildman–Crippen MR) is 143 cm³/mol. The van der Waals surface area contributed by atoms with E-state index in [1.807, 2.05) is 6.07 Å². The molecule has 11 nitrogen and oxygen atoms in total. The molecule has 0 unspecified atom stereocenters. The van der Waals surface area contributed by atoms with E-state index < -0.39 is 5.76 Å². The number of fused-ring (bicyclic) bond motifs is 1. The summed E-state index contributed by atoms with van der Waals surface area (Å²) in [6.07, 6.45) is 8.14. The highest BCUT2D eigenvalue weighted by Crippen LogP contribution is 2.37. The molecule has 1 saturated carbocycles. The molecule has 1 saturated heterocycles. The first kappa shape index (κ1) is 25.0. The average Bonchev–Trinajstić information content (AvgIpc) is 3.50. The van der Waals surface area contributed by atoms with Crippen LogP contribution in [-0.2, 0) is 11.3 Å². The van der Waals surface area contributed by atoms with Gasteiger partial charge in [-0.15, -0.1) is 5.10 Å². The highest BCUT2D eigenvalue weighted by atomic mass is 35.5. The van der Waals surface area contributed by atoms with Gasteiger partial charge in [0.05, 0.1) is 23.8 Å². The summed E-state index contributed by atoms with van der Waals surface area (Å²) in [4.78, 5) is 32.9. The normalized spacial score (nSPS) is 24.3. The van der Waals surface area contributed by atoms with Gasteiger partial charge < -0.3 is 18.6 Å². The predicted octanol–water partition coefficient (Wildman–Crippen LogP) is 4.32. The van der Waals surface area contributed by atoms with Gasteiger partial charge in [-0.1, -0.05) is 31.4 Å². The molecule has 0 aromatic carbocycles. The van der Waals surface area contributed by atoms with Crippen molar-refractivity contribution >= 4 is 28.7 Å². The second kappa shape index (κ2) is 10.1. The summed E-state index contributed by atoms with van der Waals surface area (Å²) in [5.41, 5.74) is 2.64. The van der Waals surface area contributed by atoms with Crippen molar-refractivity contribution < 1.29 is 9.15 Å². The lowest BCUT2D eigenvalue weighted by molar-refractivity contribution is 0.0274. The lowest BCUT2D eigenvalue weighted by Crippen LogP contribution is -2.49. The Bertz CT molecular complexity index is 1510. The zero-order valence-electron chi connectivity index (χ0n) is 21.7. The van der Waals surface area contributed by atoms with Crippen molar-refractivity contribution in [1.29, 1.82) is 0 Å². The van der Waals surface area contributed by atoms with Gasteiger partial charge in [-0.2, -0.15) is 4.98 Å². The van der Waals surface area contributed by atoms with Gasteiger partial charge in [0, 0.05) is 31.0 Å². The molecule has 5 heterocycles. The molecule has 1 aliphatic carbocycles. The highest BCUT2D eigenvalue weighted by molar-refractivity contribution is 6.30. The maximum Gasteiger partial charge on any atom is 0.434 e. The van der Waals surface area contributed by atoms with E-state index in [4.69, 9.17) is 35.7 Å². The number of H-pyrrole nitrogens is 1. The fourth-order valence-electron chi connectivity index (χ4n) is 5.57. The second-order valence-electron chi connectivity index (χ2n) is 10.5. The molecule has 1 N–H and O–H groups in total. The molecular weight excluding hydrogens is 508 g/mol. The fraction of sp³-hybridized carbons (Fsp3) is 0.538. The molecule has 0 radical (unpaired) electrons. The lowest BCUT2D eigenvalue weighted by atomic mass is 9.83. The fourth-order valence-corrected chi connectivity index (χ4v) is 5.74. The van der Waals surface area contributed by atoms with E-state index in [0.717, 1.165) is 36.0 Å². The second-order valence-corrected chi connectivity index (χ2v) is 11.0. The van der Waals surface area contributed by atoms with Gasteiger partial charge in [-0.25, -0.2) is 19.9 Å². The lowest BCUT2D eigenvalue weighted by Gasteiger charge is -2.39. The summed E-state index contributed by atoms with van der Waals surface area (Å²) in [5.74, 6) is 1.60. The van der Waals surface area contributed by atoms with Crippen LogP contribution in [-0.4, -0.2) is 60.0 Å². The standard InChI is InChI=1S/C26H31ClN8O3/c1-14-4-6-17(7-5-14)13-35-21-20(18-10-19(27)12-28-11-18)29-23(24-32-33-26(36)38-24)30-22(21)31-25(35)34-8-9-37-16(3)15(34)2/h10-12,14-17H,4-9,13H2,1-3H3,(H,33,36)/t14-,15-,16-,17-/m1/s1. The third-order valence-corrected chi connectivity index (χ3v) is 8.11. The van der Waals surface area contributed by atoms with Gasteiger partial charge in [0.15, 0.2) is 5.65 Å². The topological polar surface area (TPSA) is 128 Å². The van der Waals surface area contributed by atoms with Crippen molar-refractivity contribution in [3.05, 3.63) is 34.0 Å². The summed E-state index contributed by atoms with van der Waals surface area (Å²) in [5, 5.41) is 6.73. The van der Waals surface area contributed by atoms with Crippen LogP contribution in [0.5, 0.6) is 0 Å². The number of nitrogens with one attached hydrogen (secondary N) is 1. The van der Waals surface area contributed by atoms with E-state index in [2.05, 4.69) is 45.4 Å². The van der Waals surface area contributed by atoms with Gasteiger partial charge in [-0.3, -0.25) is 4.98 Å².